The molecule has 0 spiro atoms. The molecule has 0 aliphatic heterocycles. The quantitative estimate of drug-likeness (QED) is 0.850. The molecule has 0 heterocycles. The monoisotopic (exact) mass is 313 g/mol. The molecule has 0 saturated heterocycles. The Morgan fingerprint density at radius 3 is 2.61 bits per heavy atom. The van der Waals surface area contributed by atoms with Crippen molar-refractivity contribution in [2.45, 2.75) is 27.2 Å². The first kappa shape index (κ1) is 14.7. The SMILES string of the molecule is CCOc1cc(Br)c(C)cc1NC(=O)CC(C)=O. The zero-order valence-electron chi connectivity index (χ0n) is 10.7. The van der Waals surface area contributed by atoms with Crippen LogP contribution in [-0.4, -0.2) is 18.3 Å². The molecule has 0 saturated carbocycles. The standard InChI is InChI=1S/C13H16BrNO3/c1-4-18-12-7-10(14)8(2)5-11(12)15-13(17)6-9(3)16/h5,7H,4,6H2,1-3H3,(H,15,17). The molecule has 0 atom stereocenters. The van der Waals surface area contributed by atoms with Crippen LogP contribution in [0.15, 0.2) is 16.6 Å². The molecule has 1 rings (SSSR count). The Hall–Kier alpha value is -1.36. The third-order valence-electron chi connectivity index (χ3n) is 2.24. The maximum atomic E-state index is 11.6. The molecule has 0 unspecified atom stereocenters. The van der Waals surface area contributed by atoms with Crippen LogP contribution in [0, 0.1) is 6.92 Å². The molecule has 0 fully saturated rings. The Kier molecular flexibility index (Phi) is 5.34. The highest BCUT2D eigenvalue weighted by Crippen LogP contribution is 2.31. The molecule has 0 aliphatic rings. The summed E-state index contributed by atoms with van der Waals surface area (Å²) in [6.45, 7) is 5.68. The molecule has 0 radical (unpaired) electrons. The van der Waals surface area contributed by atoms with Crippen molar-refractivity contribution in [2.75, 3.05) is 11.9 Å². The molecule has 18 heavy (non-hydrogen) atoms. The minimum atomic E-state index is -0.329. The van der Waals surface area contributed by atoms with Gasteiger partial charge >= 0.3 is 0 Å². The Balaban J connectivity index is 2.95. The number of aryl methyl sites for hydroxylation is 1. The Morgan fingerprint density at radius 2 is 2.06 bits per heavy atom. The fourth-order valence-electron chi connectivity index (χ4n) is 1.46. The summed E-state index contributed by atoms with van der Waals surface area (Å²) in [4.78, 5) is 22.5. The highest BCUT2D eigenvalue weighted by molar-refractivity contribution is 9.10. The van der Waals surface area contributed by atoms with Crippen LogP contribution in [0.25, 0.3) is 0 Å². The summed E-state index contributed by atoms with van der Waals surface area (Å²) < 4.78 is 6.36. The summed E-state index contributed by atoms with van der Waals surface area (Å²) >= 11 is 3.41. The van der Waals surface area contributed by atoms with E-state index in [1.165, 1.54) is 6.92 Å². The van der Waals surface area contributed by atoms with Crippen molar-refractivity contribution in [3.8, 4) is 5.75 Å². The second-order valence-electron chi connectivity index (χ2n) is 3.96. The van der Waals surface area contributed by atoms with Gasteiger partial charge < -0.3 is 10.1 Å². The van der Waals surface area contributed by atoms with Gasteiger partial charge in [-0.25, -0.2) is 0 Å². The molecule has 0 aromatic heterocycles. The summed E-state index contributed by atoms with van der Waals surface area (Å²) in [6.07, 6.45) is -0.124. The van der Waals surface area contributed by atoms with E-state index in [9.17, 15) is 9.59 Å². The van der Waals surface area contributed by atoms with E-state index >= 15 is 0 Å². The van der Waals surface area contributed by atoms with E-state index in [4.69, 9.17) is 4.74 Å². The number of nitrogens with one attached hydrogen (secondary N) is 1. The van der Waals surface area contributed by atoms with Gasteiger partial charge in [-0.1, -0.05) is 15.9 Å². The van der Waals surface area contributed by atoms with Crippen molar-refractivity contribution < 1.29 is 14.3 Å². The van der Waals surface area contributed by atoms with Crippen molar-refractivity contribution >= 4 is 33.3 Å². The van der Waals surface area contributed by atoms with Gasteiger partial charge in [-0.3, -0.25) is 9.59 Å². The Labute approximate surface area is 115 Å². The number of benzene rings is 1. The van der Waals surface area contributed by atoms with Gasteiger partial charge in [-0.2, -0.15) is 0 Å². The lowest BCUT2D eigenvalue weighted by atomic mass is 10.2. The number of carbonyl (C=O) groups excluding carboxylic acids is 2. The number of ketones is 1. The van der Waals surface area contributed by atoms with Crippen molar-refractivity contribution in [3.05, 3.63) is 22.2 Å². The van der Waals surface area contributed by atoms with E-state index in [1.807, 2.05) is 26.0 Å². The van der Waals surface area contributed by atoms with Crippen LogP contribution >= 0.6 is 15.9 Å². The van der Waals surface area contributed by atoms with Gasteiger partial charge in [0.05, 0.1) is 18.7 Å². The molecular formula is C13H16BrNO3. The second kappa shape index (κ2) is 6.54. The summed E-state index contributed by atoms with van der Waals surface area (Å²) in [5.41, 5.74) is 1.57. The number of hydrogen-bond acceptors (Lipinski definition) is 3. The number of Topliss-reactive ketones (excluding diaryl/α,β-unsaturated/α-hetero) is 1. The molecule has 1 aromatic carbocycles. The lowest BCUT2D eigenvalue weighted by Gasteiger charge is -2.13. The van der Waals surface area contributed by atoms with Crippen molar-refractivity contribution in [3.63, 3.8) is 0 Å². The minimum Gasteiger partial charge on any atom is -0.492 e. The van der Waals surface area contributed by atoms with Crippen molar-refractivity contribution in [2.24, 2.45) is 0 Å². The van der Waals surface area contributed by atoms with E-state index in [2.05, 4.69) is 21.2 Å². The van der Waals surface area contributed by atoms with Crippen LogP contribution in [0.4, 0.5) is 5.69 Å². The maximum Gasteiger partial charge on any atom is 0.231 e. The van der Waals surface area contributed by atoms with Crippen molar-refractivity contribution in [1.82, 2.24) is 0 Å². The van der Waals surface area contributed by atoms with E-state index in [1.54, 1.807) is 0 Å². The minimum absolute atomic E-state index is 0.124. The first-order chi connectivity index (χ1) is 8.43. The first-order valence-corrected chi connectivity index (χ1v) is 6.45. The molecular weight excluding hydrogens is 298 g/mol. The highest BCUT2D eigenvalue weighted by atomic mass is 79.9. The van der Waals surface area contributed by atoms with E-state index in [0.717, 1.165) is 10.0 Å². The highest BCUT2D eigenvalue weighted by Gasteiger charge is 2.11. The number of carbonyl (C=O) groups is 2. The maximum absolute atomic E-state index is 11.6. The predicted octanol–water partition coefficient (Wildman–Crippen LogP) is 3.07. The third kappa shape index (κ3) is 4.14. The predicted molar refractivity (Wildman–Crippen MR) is 74.0 cm³/mol. The molecule has 1 N–H and O–H groups in total. The van der Waals surface area contributed by atoms with Crippen molar-refractivity contribution in [1.29, 1.82) is 0 Å². The van der Waals surface area contributed by atoms with Crippen LogP contribution in [0.1, 0.15) is 25.8 Å². The summed E-state index contributed by atoms with van der Waals surface area (Å²) in [5, 5.41) is 2.69. The molecule has 5 heteroatoms. The normalized spacial score (nSPS) is 10.0. The van der Waals surface area contributed by atoms with E-state index < -0.39 is 0 Å². The fraction of sp³-hybridized carbons (Fsp3) is 0.385. The van der Waals surface area contributed by atoms with Crippen LogP contribution < -0.4 is 10.1 Å². The molecule has 98 valence electrons. The number of rotatable bonds is 5. The van der Waals surface area contributed by atoms with Crippen LogP contribution in [0.5, 0.6) is 5.75 Å². The average Bonchev–Trinajstić information content (AvgIpc) is 2.24. The third-order valence-corrected chi connectivity index (χ3v) is 3.10. The number of hydrogen-bond donors (Lipinski definition) is 1. The van der Waals surface area contributed by atoms with Gasteiger partial charge in [0.2, 0.25) is 5.91 Å². The first-order valence-electron chi connectivity index (χ1n) is 5.66. The van der Waals surface area contributed by atoms with Crippen LogP contribution in [0.2, 0.25) is 0 Å². The number of ether oxygens (including phenoxy) is 1. The zero-order chi connectivity index (χ0) is 13.7. The van der Waals surface area contributed by atoms with Gasteiger partial charge in [0.1, 0.15) is 11.5 Å². The van der Waals surface area contributed by atoms with E-state index in [0.29, 0.717) is 18.0 Å². The molecule has 1 aromatic rings. The van der Waals surface area contributed by atoms with Gasteiger partial charge in [0.15, 0.2) is 0 Å². The Bertz CT molecular complexity index is 472. The fourth-order valence-corrected chi connectivity index (χ4v) is 1.78. The lowest BCUT2D eigenvalue weighted by molar-refractivity contribution is -0.124. The second-order valence-corrected chi connectivity index (χ2v) is 4.81. The summed E-state index contributed by atoms with van der Waals surface area (Å²) in [7, 11) is 0. The van der Waals surface area contributed by atoms with Crippen LogP contribution in [-0.2, 0) is 9.59 Å². The number of anilines is 1. The molecule has 4 nitrogen and oxygen atoms in total. The molecule has 1 amide bonds. The van der Waals surface area contributed by atoms with Gasteiger partial charge in [-0.05, 0) is 38.5 Å². The Morgan fingerprint density at radius 1 is 1.39 bits per heavy atom. The summed E-state index contributed by atoms with van der Waals surface area (Å²) in [6, 6.07) is 3.62. The number of amides is 1. The average molecular weight is 314 g/mol. The smallest absolute Gasteiger partial charge is 0.231 e. The largest absolute Gasteiger partial charge is 0.492 e. The van der Waals surface area contributed by atoms with Crippen LogP contribution in [0.3, 0.4) is 0 Å². The summed E-state index contributed by atoms with van der Waals surface area (Å²) in [5.74, 6) is 0.0938. The number of halogens is 1. The zero-order valence-corrected chi connectivity index (χ0v) is 12.3. The lowest BCUT2D eigenvalue weighted by Crippen LogP contribution is -2.15. The topological polar surface area (TPSA) is 55.4 Å². The van der Waals surface area contributed by atoms with Gasteiger partial charge in [0.25, 0.3) is 0 Å². The van der Waals surface area contributed by atoms with Gasteiger partial charge in [-0.15, -0.1) is 0 Å². The van der Waals surface area contributed by atoms with Gasteiger partial charge in [0, 0.05) is 4.47 Å². The van der Waals surface area contributed by atoms with E-state index in [-0.39, 0.29) is 18.1 Å². The molecule has 0 bridgehead atoms. The molecule has 0 aliphatic carbocycles.